The summed E-state index contributed by atoms with van der Waals surface area (Å²) < 4.78 is 0. The van der Waals surface area contributed by atoms with Crippen LogP contribution in [0.5, 0.6) is 0 Å². The molecule has 0 saturated carbocycles. The lowest BCUT2D eigenvalue weighted by molar-refractivity contribution is 0.728. The van der Waals surface area contributed by atoms with E-state index in [2.05, 4.69) is 65.8 Å². The molecule has 4 heteroatoms. The smallest absolute Gasteiger partial charge is 0.157 e. The van der Waals surface area contributed by atoms with Crippen LogP contribution >= 0.6 is 0 Å². The van der Waals surface area contributed by atoms with E-state index in [9.17, 15) is 0 Å². The molecule has 23 heavy (non-hydrogen) atoms. The molecule has 0 fully saturated rings. The Kier molecular flexibility index (Phi) is 7.01. The van der Waals surface area contributed by atoms with Crippen molar-refractivity contribution in [3.8, 4) is 0 Å². The zero-order valence-electron chi connectivity index (χ0n) is 15.8. The number of aryl methyl sites for hydroxylation is 1. The average molecular weight is 314 g/mol. The van der Waals surface area contributed by atoms with Crippen molar-refractivity contribution in [1.29, 1.82) is 0 Å². The first kappa shape index (κ1) is 18.9. The largest absolute Gasteiger partial charge is 0.337 e. The molecule has 1 aliphatic heterocycles. The summed E-state index contributed by atoms with van der Waals surface area (Å²) >= 11 is 0. The molecule has 0 radical (unpaired) electrons. The third-order valence-corrected chi connectivity index (χ3v) is 4.04. The van der Waals surface area contributed by atoms with Crippen molar-refractivity contribution in [1.82, 2.24) is 9.97 Å². The van der Waals surface area contributed by atoms with Crippen LogP contribution in [0.25, 0.3) is 0 Å². The molecular weight excluding hydrogens is 284 g/mol. The molecule has 126 valence electrons. The third kappa shape index (κ3) is 3.46. The second-order valence-corrected chi connectivity index (χ2v) is 5.06. The van der Waals surface area contributed by atoms with E-state index in [4.69, 9.17) is 0 Å². The molecule has 4 nitrogen and oxygen atoms in total. The van der Waals surface area contributed by atoms with Crippen molar-refractivity contribution >= 4 is 17.2 Å². The number of fused-ring (bicyclic) bond motifs is 1. The number of aromatic nitrogens is 2. The second kappa shape index (κ2) is 8.51. The molecule has 1 atom stereocenters. The van der Waals surface area contributed by atoms with Gasteiger partial charge in [-0.25, -0.2) is 9.97 Å². The first-order valence-corrected chi connectivity index (χ1v) is 8.49. The molecule has 0 saturated heterocycles. The summed E-state index contributed by atoms with van der Waals surface area (Å²) in [7, 11) is 2.07. The van der Waals surface area contributed by atoms with Gasteiger partial charge in [0, 0.05) is 12.7 Å². The fraction of sp³-hybridized carbons (Fsp3) is 0.474. The molecule has 3 rings (SSSR count). The van der Waals surface area contributed by atoms with Gasteiger partial charge in [-0.05, 0) is 38.0 Å². The van der Waals surface area contributed by atoms with Crippen molar-refractivity contribution in [2.24, 2.45) is 0 Å². The molecule has 1 aliphatic rings. The number of rotatable bonds is 1. The van der Waals surface area contributed by atoms with E-state index in [1.165, 1.54) is 16.8 Å². The van der Waals surface area contributed by atoms with Gasteiger partial charge in [0.15, 0.2) is 5.82 Å². The van der Waals surface area contributed by atoms with Gasteiger partial charge in [-0.15, -0.1) is 0 Å². The lowest BCUT2D eigenvalue weighted by atomic mass is 10.1. The first-order chi connectivity index (χ1) is 11.1. The summed E-state index contributed by atoms with van der Waals surface area (Å²) in [5.41, 5.74) is 4.91. The van der Waals surface area contributed by atoms with Crippen molar-refractivity contribution in [2.75, 3.05) is 16.8 Å². The van der Waals surface area contributed by atoms with Gasteiger partial charge in [0.1, 0.15) is 18.2 Å². The van der Waals surface area contributed by atoms with E-state index < -0.39 is 0 Å². The normalized spacial score (nSPS) is 15.2. The number of nitrogens with zero attached hydrogens (tertiary/aromatic N) is 4. The molecule has 2 aromatic rings. The van der Waals surface area contributed by atoms with E-state index in [0.29, 0.717) is 0 Å². The molecule has 0 N–H and O–H groups in total. The number of benzene rings is 1. The topological polar surface area (TPSA) is 32.3 Å². The maximum Gasteiger partial charge on any atom is 0.157 e. The molecule has 0 unspecified atom stereocenters. The van der Waals surface area contributed by atoms with E-state index in [-0.39, 0.29) is 6.17 Å². The second-order valence-electron chi connectivity index (χ2n) is 5.06. The maximum absolute atomic E-state index is 4.39. The maximum atomic E-state index is 4.39. The Morgan fingerprint density at radius 3 is 2.30 bits per heavy atom. The fourth-order valence-corrected chi connectivity index (χ4v) is 2.64. The monoisotopic (exact) mass is 314 g/mol. The predicted octanol–water partition coefficient (Wildman–Crippen LogP) is 5.08. The van der Waals surface area contributed by atoms with Gasteiger partial charge >= 0.3 is 0 Å². The van der Waals surface area contributed by atoms with Gasteiger partial charge in [0.05, 0.1) is 6.20 Å². The van der Waals surface area contributed by atoms with Crippen LogP contribution < -0.4 is 9.80 Å². The summed E-state index contributed by atoms with van der Waals surface area (Å²) in [5.74, 6) is 0.989. The summed E-state index contributed by atoms with van der Waals surface area (Å²) in [4.78, 5) is 13.0. The molecule has 0 amide bonds. The molecule has 0 spiro atoms. The van der Waals surface area contributed by atoms with Gasteiger partial charge in [-0.1, -0.05) is 39.8 Å². The predicted molar refractivity (Wildman–Crippen MR) is 101 cm³/mol. The molecule has 0 bridgehead atoms. The lowest BCUT2D eigenvalue weighted by Gasteiger charge is -2.28. The summed E-state index contributed by atoms with van der Waals surface area (Å²) in [5, 5.41) is 0. The minimum absolute atomic E-state index is 0.243. The Hall–Kier alpha value is -2.10. The highest BCUT2D eigenvalue weighted by molar-refractivity contribution is 5.81. The van der Waals surface area contributed by atoms with E-state index in [1.807, 2.05) is 33.9 Å². The highest BCUT2D eigenvalue weighted by atomic mass is 15.4. The van der Waals surface area contributed by atoms with Crippen LogP contribution in [0.15, 0.2) is 30.7 Å². The molecular formula is C19H30N4. The highest BCUT2D eigenvalue weighted by Gasteiger charge is 2.33. The van der Waals surface area contributed by atoms with Crippen LogP contribution in [0.1, 0.15) is 45.7 Å². The Morgan fingerprint density at radius 1 is 1.00 bits per heavy atom. The molecule has 1 aromatic heterocycles. The van der Waals surface area contributed by atoms with Gasteiger partial charge in [0.2, 0.25) is 0 Å². The van der Waals surface area contributed by atoms with Gasteiger partial charge in [0.25, 0.3) is 0 Å². The van der Waals surface area contributed by atoms with Crippen LogP contribution in [0.3, 0.4) is 0 Å². The molecule has 0 aliphatic carbocycles. The van der Waals surface area contributed by atoms with Crippen LogP contribution in [-0.4, -0.2) is 23.2 Å². The highest BCUT2D eigenvalue weighted by Crippen LogP contribution is 2.42. The van der Waals surface area contributed by atoms with E-state index >= 15 is 0 Å². The van der Waals surface area contributed by atoms with Crippen LogP contribution in [-0.2, 0) is 0 Å². The number of anilines is 3. The fourth-order valence-electron chi connectivity index (χ4n) is 2.64. The van der Waals surface area contributed by atoms with E-state index in [0.717, 1.165) is 11.5 Å². The standard InChI is InChI=1S/C15H18N4.2C2H6/c1-10-6-5-7-13(11(10)2)19-12(3)18(4)15-14(19)8-16-9-17-15;2*1-2/h5-9,12H,1-4H3;2*1-2H3/t12-;;/m0../s1. The van der Waals surface area contributed by atoms with Crippen LogP contribution in [0.2, 0.25) is 0 Å². The van der Waals surface area contributed by atoms with Crippen molar-refractivity contribution in [2.45, 2.75) is 54.6 Å². The summed E-state index contributed by atoms with van der Waals surface area (Å²) in [6.45, 7) is 14.5. The van der Waals surface area contributed by atoms with Crippen molar-refractivity contribution < 1.29 is 0 Å². The molecule has 1 aromatic carbocycles. The van der Waals surface area contributed by atoms with Crippen LogP contribution in [0.4, 0.5) is 17.2 Å². The van der Waals surface area contributed by atoms with Crippen molar-refractivity contribution in [3.63, 3.8) is 0 Å². The Bertz CT molecular complexity index is 625. The summed E-state index contributed by atoms with van der Waals surface area (Å²) in [6, 6.07) is 6.41. The molecule has 2 heterocycles. The Balaban J connectivity index is 0.000000615. The van der Waals surface area contributed by atoms with Gasteiger partial charge in [-0.3, -0.25) is 0 Å². The zero-order chi connectivity index (χ0) is 17.6. The minimum atomic E-state index is 0.243. The number of hydrogen-bond acceptors (Lipinski definition) is 4. The minimum Gasteiger partial charge on any atom is -0.337 e. The summed E-state index contributed by atoms with van der Waals surface area (Å²) in [6.07, 6.45) is 3.74. The zero-order valence-corrected chi connectivity index (χ0v) is 15.8. The first-order valence-electron chi connectivity index (χ1n) is 8.49. The lowest BCUT2D eigenvalue weighted by Crippen LogP contribution is -2.36. The van der Waals surface area contributed by atoms with Gasteiger partial charge < -0.3 is 9.80 Å². The Morgan fingerprint density at radius 2 is 1.65 bits per heavy atom. The SMILES string of the molecule is CC.CC.Cc1cccc(N2c3cncnc3N(C)[C@@H]2C)c1C. The van der Waals surface area contributed by atoms with E-state index in [1.54, 1.807) is 6.33 Å². The third-order valence-electron chi connectivity index (χ3n) is 4.04. The average Bonchev–Trinajstić information content (AvgIpc) is 2.86. The Labute approximate surface area is 141 Å². The van der Waals surface area contributed by atoms with Crippen LogP contribution in [0, 0.1) is 13.8 Å². The number of hydrogen-bond donors (Lipinski definition) is 0. The van der Waals surface area contributed by atoms with Gasteiger partial charge in [-0.2, -0.15) is 0 Å². The van der Waals surface area contributed by atoms with Crippen molar-refractivity contribution in [3.05, 3.63) is 41.9 Å². The quantitative estimate of drug-likeness (QED) is 0.734.